The largest absolute Gasteiger partial charge is 0.494 e. The van der Waals surface area contributed by atoms with E-state index >= 15 is 0 Å². The van der Waals surface area contributed by atoms with E-state index in [9.17, 15) is 23.7 Å². The average molecular weight is 988 g/mol. The Morgan fingerprint density at radius 3 is 2.46 bits per heavy atom. The summed E-state index contributed by atoms with van der Waals surface area (Å²) in [7, 11) is -1.02. The molecule has 3 saturated heterocycles. The Labute approximate surface area is 415 Å². The zero-order chi connectivity index (χ0) is 49.4. The lowest BCUT2D eigenvalue weighted by atomic mass is 10.0. The van der Waals surface area contributed by atoms with Crippen molar-refractivity contribution in [1.29, 1.82) is 0 Å². The minimum Gasteiger partial charge on any atom is -0.494 e. The molecule has 4 aliphatic heterocycles. The van der Waals surface area contributed by atoms with Crippen LogP contribution >= 0.6 is 18.7 Å². The van der Waals surface area contributed by atoms with E-state index in [1.807, 2.05) is 55.5 Å². The molecule has 0 radical (unpaired) electrons. The maximum atomic E-state index is 13.2. The maximum Gasteiger partial charge on any atom is 0.300 e. The highest BCUT2D eigenvalue weighted by atomic mass is 35.5. The van der Waals surface area contributed by atoms with Gasteiger partial charge in [0.1, 0.15) is 24.0 Å². The number of nitrogens with zero attached hydrogens (tertiary/aromatic N) is 6. The summed E-state index contributed by atoms with van der Waals surface area (Å²) in [6, 6.07) is 16.4. The third-order valence-corrected chi connectivity index (χ3v) is 15.0. The van der Waals surface area contributed by atoms with E-state index in [-0.39, 0.29) is 29.2 Å². The monoisotopic (exact) mass is 986 g/mol. The van der Waals surface area contributed by atoms with Crippen molar-refractivity contribution < 1.29 is 28.5 Å². The van der Waals surface area contributed by atoms with Crippen LogP contribution in [0.2, 0.25) is 5.02 Å². The molecule has 4 aromatic rings. The lowest BCUT2D eigenvalue weighted by Crippen LogP contribution is -2.53. The highest BCUT2D eigenvalue weighted by Crippen LogP contribution is 2.41. The summed E-state index contributed by atoms with van der Waals surface area (Å²) < 4.78 is 19.0. The molecule has 1 aromatic heterocycles. The van der Waals surface area contributed by atoms with E-state index in [1.54, 1.807) is 31.4 Å². The Morgan fingerprint density at radius 1 is 0.929 bits per heavy atom. The lowest BCUT2D eigenvalue weighted by molar-refractivity contribution is -0.137. The number of hydrogen-bond acceptors (Lipinski definition) is 13. The normalized spacial score (nSPS) is 17.7. The molecule has 366 valence electrons. The van der Waals surface area contributed by atoms with Gasteiger partial charge in [0.25, 0.3) is 11.8 Å². The van der Waals surface area contributed by atoms with E-state index in [2.05, 4.69) is 69.6 Å². The molecule has 1 unspecified atom stereocenters. The second kappa shape index (κ2) is 22.6. The molecule has 0 saturated carbocycles. The van der Waals surface area contributed by atoms with Crippen LogP contribution < -0.4 is 36.2 Å². The van der Waals surface area contributed by atoms with Crippen molar-refractivity contribution in [3.8, 4) is 29.4 Å². The molecule has 8 rings (SSSR count). The Hall–Kier alpha value is -6.42. The number of halogens is 1. The molecule has 4 amide bonds. The molecule has 3 fully saturated rings. The Bertz CT molecular complexity index is 2820. The zero-order valence-electron chi connectivity index (χ0n) is 40.2. The number of carbonyl (C=O) groups excluding carboxylic acids is 4. The van der Waals surface area contributed by atoms with Crippen LogP contribution in [0, 0.1) is 23.7 Å². The standard InChI is InChI=1S/C52H60ClN10O6P/c1-5-6-8-19-47(64)55-41-31-42(57-52-54-33-39(53)49(59-52)56-40-17-10-11-18-46(40)70(3,4)68)45(69-2)32-44(41)62-25-22-36(23-26-62)61-29-27-60(28-30-61)24-12-7-9-14-35-15-13-16-37-38(35)34-63(51(37)67)43-20-21-48(65)58-50(43)66/h10-11,13,15-18,31-33,36,43H,5-7,12,20-30,34H2,1-4H3,(H,55,64)(H,58,65,66)(H2,54,56,57,59). The van der Waals surface area contributed by atoms with Crippen LogP contribution in [0.5, 0.6) is 5.75 Å². The van der Waals surface area contributed by atoms with Crippen molar-refractivity contribution in [2.45, 2.75) is 76.9 Å². The van der Waals surface area contributed by atoms with Crippen molar-refractivity contribution in [1.82, 2.24) is 30.0 Å². The molecule has 18 heteroatoms. The van der Waals surface area contributed by atoms with Gasteiger partial charge < -0.3 is 40.0 Å². The van der Waals surface area contributed by atoms with Gasteiger partial charge in [0.2, 0.25) is 17.8 Å². The molecule has 0 aliphatic carbocycles. The molecule has 16 nitrogen and oxygen atoms in total. The number of hydrogen-bond donors (Lipinski definition) is 4. The topological polar surface area (TPSA) is 181 Å². The molecule has 70 heavy (non-hydrogen) atoms. The van der Waals surface area contributed by atoms with E-state index < -0.39 is 25.0 Å². The summed E-state index contributed by atoms with van der Waals surface area (Å²) in [5.41, 5.74) is 4.81. The zero-order valence-corrected chi connectivity index (χ0v) is 41.9. The van der Waals surface area contributed by atoms with Gasteiger partial charge in [-0.1, -0.05) is 54.5 Å². The van der Waals surface area contributed by atoms with Gasteiger partial charge in [-0.05, 0) is 93.8 Å². The molecular formula is C52H60ClN10O6P. The number of para-hydroxylation sites is 1. The average Bonchev–Trinajstić information content (AvgIpc) is 3.68. The number of anilines is 6. The van der Waals surface area contributed by atoms with Gasteiger partial charge in [-0.25, -0.2) is 4.98 Å². The van der Waals surface area contributed by atoms with Crippen molar-refractivity contribution in [3.05, 3.63) is 82.5 Å². The van der Waals surface area contributed by atoms with Crippen molar-refractivity contribution >= 4 is 82.2 Å². The van der Waals surface area contributed by atoms with Crippen LogP contribution in [0.4, 0.5) is 34.5 Å². The molecule has 3 aromatic carbocycles. The number of fused-ring (bicyclic) bond motifs is 1. The first-order valence-corrected chi connectivity index (χ1v) is 27.0. The van der Waals surface area contributed by atoms with Gasteiger partial charge in [-0.15, -0.1) is 0 Å². The van der Waals surface area contributed by atoms with Crippen LogP contribution in [-0.2, 0) is 25.5 Å². The van der Waals surface area contributed by atoms with Crippen LogP contribution in [-0.4, -0.2) is 127 Å². The van der Waals surface area contributed by atoms with E-state index in [4.69, 9.17) is 16.3 Å². The van der Waals surface area contributed by atoms with Crippen LogP contribution in [0.15, 0.2) is 60.8 Å². The van der Waals surface area contributed by atoms with Gasteiger partial charge in [-0.2, -0.15) is 4.98 Å². The molecule has 5 heterocycles. The van der Waals surface area contributed by atoms with Crippen molar-refractivity contribution in [2.24, 2.45) is 0 Å². The van der Waals surface area contributed by atoms with E-state index in [1.165, 1.54) is 6.20 Å². The third-order valence-electron chi connectivity index (χ3n) is 13.2. The lowest BCUT2D eigenvalue weighted by Gasteiger charge is -2.43. The van der Waals surface area contributed by atoms with Crippen LogP contribution in [0.3, 0.4) is 0 Å². The SMILES string of the molecule is CCCC#CC(=O)Nc1cc(Nc2ncc(Cl)c(Nc3ccccc3P(C)(C)=O)n2)c(OC)cc1N1CCC(N2CCN(CCCC#Cc3cccc4c3CN(C3CCC(=O)NC3=O)C4=O)CC2)CC1. The Kier molecular flexibility index (Phi) is 16.1. The number of aromatic nitrogens is 2. The number of rotatable bonds is 14. The number of piperazine rings is 1. The van der Waals surface area contributed by atoms with Gasteiger partial charge >= 0.3 is 0 Å². The maximum absolute atomic E-state index is 13.2. The first-order chi connectivity index (χ1) is 33.8. The number of nitrogens with one attached hydrogen (secondary N) is 4. The fourth-order valence-electron chi connectivity index (χ4n) is 9.51. The minimum absolute atomic E-state index is 0.191. The van der Waals surface area contributed by atoms with Gasteiger partial charge in [0, 0.05) is 93.6 Å². The predicted octanol–water partition coefficient (Wildman–Crippen LogP) is 6.80. The molecular weight excluding hydrogens is 927 g/mol. The number of methoxy groups -OCH3 is 1. The van der Waals surface area contributed by atoms with Gasteiger partial charge in [-0.3, -0.25) is 29.4 Å². The number of piperidine rings is 2. The van der Waals surface area contributed by atoms with Gasteiger partial charge in [0.15, 0.2) is 5.82 Å². The Balaban J connectivity index is 0.861. The number of imide groups is 1. The summed E-state index contributed by atoms with van der Waals surface area (Å²) in [5.74, 6) is 12.1. The summed E-state index contributed by atoms with van der Waals surface area (Å²) in [5, 5.41) is 12.9. The second-order valence-electron chi connectivity index (χ2n) is 18.3. The van der Waals surface area contributed by atoms with Crippen molar-refractivity contribution in [2.75, 3.05) is 87.1 Å². The third kappa shape index (κ3) is 11.9. The molecule has 4 aliphatic rings. The number of unbranched alkanes of at least 4 members (excludes halogenated alkanes) is 2. The summed E-state index contributed by atoms with van der Waals surface area (Å²) in [6.45, 7) is 12.2. The van der Waals surface area contributed by atoms with E-state index in [0.29, 0.717) is 64.9 Å². The molecule has 1 atom stereocenters. The highest BCUT2D eigenvalue weighted by Gasteiger charge is 2.40. The molecule has 0 bridgehead atoms. The fourth-order valence-corrected chi connectivity index (χ4v) is 10.8. The van der Waals surface area contributed by atoms with Crippen LogP contribution in [0.25, 0.3) is 0 Å². The fraction of sp³-hybridized carbons (Fsp3) is 0.423. The summed E-state index contributed by atoms with van der Waals surface area (Å²) >= 11 is 6.56. The van der Waals surface area contributed by atoms with Gasteiger partial charge in [0.05, 0.1) is 36.1 Å². The smallest absolute Gasteiger partial charge is 0.300 e. The first kappa shape index (κ1) is 50.0. The highest BCUT2D eigenvalue weighted by molar-refractivity contribution is 7.70. The van der Waals surface area contributed by atoms with E-state index in [0.717, 1.165) is 94.7 Å². The number of carbonyl (C=O) groups is 4. The van der Waals surface area contributed by atoms with Crippen LogP contribution in [0.1, 0.15) is 79.8 Å². The minimum atomic E-state index is -2.62. The summed E-state index contributed by atoms with van der Waals surface area (Å²) in [6.07, 6.45) is 7.10. The number of ether oxygens (including phenoxy) is 1. The Morgan fingerprint density at radius 2 is 1.71 bits per heavy atom. The number of benzene rings is 3. The number of amides is 4. The quantitative estimate of drug-likeness (QED) is 0.0449. The van der Waals surface area contributed by atoms with Crippen molar-refractivity contribution in [3.63, 3.8) is 0 Å². The molecule has 4 N–H and O–H groups in total. The molecule has 0 spiro atoms. The first-order valence-electron chi connectivity index (χ1n) is 24.0. The second-order valence-corrected chi connectivity index (χ2v) is 21.9. The predicted molar refractivity (Wildman–Crippen MR) is 275 cm³/mol. The summed E-state index contributed by atoms with van der Waals surface area (Å²) in [4.78, 5) is 68.7.